The second-order valence-corrected chi connectivity index (χ2v) is 4.95. The van der Waals surface area contributed by atoms with Gasteiger partial charge in [-0.15, -0.1) is 0 Å². The zero-order valence-corrected chi connectivity index (χ0v) is 11.7. The third kappa shape index (κ3) is 4.30. The summed E-state index contributed by atoms with van der Waals surface area (Å²) < 4.78 is 14.1. The highest BCUT2D eigenvalue weighted by atomic mass is 19.1. The molecule has 0 aliphatic heterocycles. The van der Waals surface area contributed by atoms with Crippen LogP contribution >= 0.6 is 0 Å². The number of hydrogen-bond donors (Lipinski definition) is 1. The minimum Gasteiger partial charge on any atom is -0.369 e. The Hall–Kier alpha value is -1.09. The number of anilines is 1. The minimum absolute atomic E-state index is 0.0673. The van der Waals surface area contributed by atoms with Crippen molar-refractivity contribution >= 4 is 5.69 Å². The van der Waals surface area contributed by atoms with E-state index in [4.69, 9.17) is 5.73 Å². The van der Waals surface area contributed by atoms with E-state index in [0.29, 0.717) is 5.69 Å². The van der Waals surface area contributed by atoms with E-state index in [-0.39, 0.29) is 11.9 Å². The van der Waals surface area contributed by atoms with Crippen molar-refractivity contribution in [1.82, 2.24) is 0 Å². The summed E-state index contributed by atoms with van der Waals surface area (Å²) in [5.74, 6) is -0.130. The molecule has 18 heavy (non-hydrogen) atoms. The molecule has 3 heteroatoms. The van der Waals surface area contributed by atoms with E-state index < -0.39 is 0 Å². The van der Waals surface area contributed by atoms with Crippen molar-refractivity contribution in [3.63, 3.8) is 0 Å². The van der Waals surface area contributed by atoms with Gasteiger partial charge in [0, 0.05) is 19.1 Å². The van der Waals surface area contributed by atoms with Gasteiger partial charge in [0.1, 0.15) is 5.82 Å². The maximum absolute atomic E-state index is 14.1. The Labute approximate surface area is 110 Å². The second kappa shape index (κ2) is 7.37. The molecule has 0 fully saturated rings. The molecule has 1 aromatic rings. The molecule has 0 saturated carbocycles. The molecule has 1 aromatic carbocycles. The van der Waals surface area contributed by atoms with Crippen LogP contribution in [-0.4, -0.2) is 19.1 Å². The van der Waals surface area contributed by atoms with Crippen molar-refractivity contribution < 1.29 is 4.39 Å². The quantitative estimate of drug-likeness (QED) is 0.806. The van der Waals surface area contributed by atoms with Crippen LogP contribution in [0.2, 0.25) is 0 Å². The van der Waals surface area contributed by atoms with Crippen LogP contribution in [0.5, 0.6) is 0 Å². The Balaban J connectivity index is 2.88. The molecule has 1 atom stereocenters. The van der Waals surface area contributed by atoms with Gasteiger partial charge in [-0.2, -0.15) is 0 Å². The lowest BCUT2D eigenvalue weighted by Gasteiger charge is -2.24. The molecular formula is C15H25FN2. The van der Waals surface area contributed by atoms with Gasteiger partial charge in [-0.1, -0.05) is 19.9 Å². The molecule has 0 aliphatic rings. The first-order valence-corrected chi connectivity index (χ1v) is 6.87. The summed E-state index contributed by atoms with van der Waals surface area (Å²) in [6.45, 7) is 7.97. The Morgan fingerprint density at radius 2 is 1.83 bits per heavy atom. The molecule has 102 valence electrons. The number of nitrogens with two attached hydrogens (primary N) is 1. The highest BCUT2D eigenvalue weighted by Gasteiger charge is 2.11. The molecule has 2 nitrogen and oxygen atoms in total. The van der Waals surface area contributed by atoms with Gasteiger partial charge >= 0.3 is 0 Å². The maximum atomic E-state index is 14.1. The average Bonchev–Trinajstić information content (AvgIpc) is 2.28. The van der Waals surface area contributed by atoms with Gasteiger partial charge in [-0.3, -0.25) is 0 Å². The molecule has 0 heterocycles. The lowest BCUT2D eigenvalue weighted by Crippen LogP contribution is -2.26. The summed E-state index contributed by atoms with van der Waals surface area (Å²) in [5.41, 5.74) is 7.42. The first-order valence-electron chi connectivity index (χ1n) is 6.87. The van der Waals surface area contributed by atoms with Crippen molar-refractivity contribution in [3.8, 4) is 0 Å². The Morgan fingerprint density at radius 3 is 2.28 bits per heavy atom. The van der Waals surface area contributed by atoms with Crippen LogP contribution in [0.4, 0.5) is 10.1 Å². The fourth-order valence-electron chi connectivity index (χ4n) is 2.20. The summed E-state index contributed by atoms with van der Waals surface area (Å²) >= 11 is 0. The Kier molecular flexibility index (Phi) is 6.13. The summed E-state index contributed by atoms with van der Waals surface area (Å²) in [5, 5.41) is 0. The topological polar surface area (TPSA) is 29.3 Å². The standard InChI is InChI=1S/C15H25FN2/c1-4-8-18(9-5-2)15-7-6-13(10-12(3)17)11-14(15)16/h6-7,11-12H,4-5,8-10,17H2,1-3H3. The second-order valence-electron chi connectivity index (χ2n) is 4.95. The SMILES string of the molecule is CCCN(CCC)c1ccc(CC(C)N)cc1F. The highest BCUT2D eigenvalue weighted by Crippen LogP contribution is 2.21. The van der Waals surface area contributed by atoms with Crippen molar-refractivity contribution in [2.24, 2.45) is 5.73 Å². The van der Waals surface area contributed by atoms with Gasteiger partial charge in [0.15, 0.2) is 0 Å². The van der Waals surface area contributed by atoms with Gasteiger partial charge in [-0.25, -0.2) is 4.39 Å². The number of rotatable bonds is 7. The van der Waals surface area contributed by atoms with E-state index in [9.17, 15) is 4.39 Å². The van der Waals surface area contributed by atoms with E-state index in [1.165, 1.54) is 0 Å². The number of benzene rings is 1. The number of halogens is 1. The molecule has 0 aliphatic carbocycles. The van der Waals surface area contributed by atoms with Gasteiger partial charge in [-0.05, 0) is 43.9 Å². The van der Waals surface area contributed by atoms with E-state index in [0.717, 1.165) is 37.9 Å². The van der Waals surface area contributed by atoms with Crippen molar-refractivity contribution in [2.75, 3.05) is 18.0 Å². The molecule has 0 radical (unpaired) electrons. The van der Waals surface area contributed by atoms with E-state index >= 15 is 0 Å². The van der Waals surface area contributed by atoms with Crippen LogP contribution in [0.3, 0.4) is 0 Å². The summed E-state index contributed by atoms with van der Waals surface area (Å²) in [4.78, 5) is 2.12. The smallest absolute Gasteiger partial charge is 0.146 e. The molecular weight excluding hydrogens is 227 g/mol. The average molecular weight is 252 g/mol. The third-order valence-electron chi connectivity index (χ3n) is 2.90. The fraction of sp³-hybridized carbons (Fsp3) is 0.600. The molecule has 0 saturated heterocycles. The van der Waals surface area contributed by atoms with Crippen LogP contribution in [0, 0.1) is 5.82 Å². The van der Waals surface area contributed by atoms with Gasteiger partial charge < -0.3 is 10.6 Å². The molecule has 2 N–H and O–H groups in total. The molecule has 0 spiro atoms. The summed E-state index contributed by atoms with van der Waals surface area (Å²) in [6.07, 6.45) is 2.78. The van der Waals surface area contributed by atoms with Crippen LogP contribution < -0.4 is 10.6 Å². The van der Waals surface area contributed by atoms with Crippen molar-refractivity contribution in [3.05, 3.63) is 29.6 Å². The zero-order chi connectivity index (χ0) is 13.5. The van der Waals surface area contributed by atoms with Crippen LogP contribution in [-0.2, 0) is 6.42 Å². The number of hydrogen-bond acceptors (Lipinski definition) is 2. The van der Waals surface area contributed by atoms with Crippen molar-refractivity contribution in [1.29, 1.82) is 0 Å². The largest absolute Gasteiger partial charge is 0.369 e. The number of nitrogens with zero attached hydrogens (tertiary/aromatic N) is 1. The zero-order valence-electron chi connectivity index (χ0n) is 11.7. The normalized spacial score (nSPS) is 12.5. The molecule has 1 unspecified atom stereocenters. The van der Waals surface area contributed by atoms with E-state index in [1.54, 1.807) is 6.07 Å². The predicted molar refractivity (Wildman–Crippen MR) is 76.5 cm³/mol. The predicted octanol–water partition coefficient (Wildman–Crippen LogP) is 3.34. The molecule has 0 amide bonds. The Bertz CT molecular complexity index is 358. The highest BCUT2D eigenvalue weighted by molar-refractivity contribution is 5.49. The van der Waals surface area contributed by atoms with Crippen LogP contribution in [0.15, 0.2) is 18.2 Å². The first-order chi connectivity index (χ1) is 8.58. The molecule has 1 rings (SSSR count). The first kappa shape index (κ1) is 15.0. The lowest BCUT2D eigenvalue weighted by molar-refractivity contribution is 0.609. The lowest BCUT2D eigenvalue weighted by atomic mass is 10.1. The van der Waals surface area contributed by atoms with Gasteiger partial charge in [0.25, 0.3) is 0 Å². The Morgan fingerprint density at radius 1 is 1.22 bits per heavy atom. The fourth-order valence-corrected chi connectivity index (χ4v) is 2.20. The minimum atomic E-state index is -0.130. The summed E-state index contributed by atoms with van der Waals surface area (Å²) in [7, 11) is 0. The van der Waals surface area contributed by atoms with Crippen molar-refractivity contribution in [2.45, 2.75) is 46.1 Å². The maximum Gasteiger partial charge on any atom is 0.146 e. The molecule has 0 aromatic heterocycles. The monoisotopic (exact) mass is 252 g/mol. The van der Waals surface area contributed by atoms with Gasteiger partial charge in [0.05, 0.1) is 5.69 Å². The molecule has 0 bridgehead atoms. The van der Waals surface area contributed by atoms with Crippen LogP contribution in [0.1, 0.15) is 39.2 Å². The van der Waals surface area contributed by atoms with E-state index in [1.807, 2.05) is 19.1 Å². The van der Waals surface area contributed by atoms with Crippen LogP contribution in [0.25, 0.3) is 0 Å². The third-order valence-corrected chi connectivity index (χ3v) is 2.90. The van der Waals surface area contributed by atoms with E-state index in [2.05, 4.69) is 18.7 Å². The summed E-state index contributed by atoms with van der Waals surface area (Å²) in [6, 6.07) is 5.56. The van der Waals surface area contributed by atoms with Gasteiger partial charge in [0.2, 0.25) is 0 Å².